The highest BCUT2D eigenvalue weighted by Gasteiger charge is 2.45. The van der Waals surface area contributed by atoms with Gasteiger partial charge in [0.1, 0.15) is 0 Å². The fraction of sp³-hybridized carbons (Fsp3) is 0.800. The van der Waals surface area contributed by atoms with Gasteiger partial charge < -0.3 is 0 Å². The summed E-state index contributed by atoms with van der Waals surface area (Å²) in [5, 5.41) is 0. The van der Waals surface area contributed by atoms with Crippen LogP contribution < -0.4 is 0 Å². The Morgan fingerprint density at radius 1 is 0.909 bits per heavy atom. The van der Waals surface area contributed by atoms with E-state index in [0.29, 0.717) is 6.42 Å². The third-order valence-electron chi connectivity index (χ3n) is 1.04. The number of rotatable bonds is 1. The van der Waals surface area contributed by atoms with Gasteiger partial charge in [0.05, 0.1) is 5.92 Å². The molecule has 0 aliphatic heterocycles. The van der Waals surface area contributed by atoms with Gasteiger partial charge in [0, 0.05) is 0 Å². The van der Waals surface area contributed by atoms with Crippen LogP contribution in [-0.4, -0.2) is 7.59 Å². The Bertz CT molecular complexity index is 106. The van der Waals surface area contributed by atoms with Crippen LogP contribution in [0.3, 0.4) is 0 Å². The molecule has 0 saturated heterocycles. The molecule has 0 amide bonds. The highest BCUT2D eigenvalue weighted by molar-refractivity contribution is 6.74. The van der Waals surface area contributed by atoms with Gasteiger partial charge >= 0.3 is 0 Å². The molecule has 6 heteroatoms. The van der Waals surface area contributed by atoms with Gasteiger partial charge in [-0.25, -0.2) is 0 Å². The van der Waals surface area contributed by atoms with E-state index < -0.39 is 7.59 Å². The first-order valence-electron chi connectivity index (χ1n) is 2.69. The summed E-state index contributed by atoms with van der Waals surface area (Å²) in [5.74, 6) is 0.250. The van der Waals surface area contributed by atoms with E-state index in [0.717, 1.165) is 0 Å². The van der Waals surface area contributed by atoms with Gasteiger partial charge in [-0.05, 0) is 6.42 Å². The van der Waals surface area contributed by atoms with E-state index in [1.807, 2.05) is 0 Å². The van der Waals surface area contributed by atoms with Crippen LogP contribution in [0.25, 0.3) is 0 Å². The summed E-state index contributed by atoms with van der Waals surface area (Å²) in [7, 11) is 0. The average Bonchev–Trinajstić information content (AvgIpc) is 1.56. The first-order chi connectivity index (χ1) is 4.69. The van der Waals surface area contributed by atoms with E-state index >= 15 is 0 Å². The minimum atomic E-state index is -1.61. The van der Waals surface area contributed by atoms with Crippen molar-refractivity contribution in [2.24, 2.45) is 0 Å². The van der Waals surface area contributed by atoms with Crippen molar-refractivity contribution < 1.29 is 0 Å². The first kappa shape index (κ1) is 12.7. The lowest BCUT2D eigenvalue weighted by Gasteiger charge is -2.28. The molecule has 0 bridgehead atoms. The maximum atomic E-state index is 5.52. The van der Waals surface area contributed by atoms with Crippen LogP contribution in [0, 0.1) is 5.92 Å². The normalized spacial score (nSPS) is 14.2. The van der Waals surface area contributed by atoms with Crippen LogP contribution in [0.4, 0.5) is 0 Å². The molecule has 1 radical (unpaired) electrons. The molecule has 0 heterocycles. The van der Waals surface area contributed by atoms with Crippen LogP contribution in [0.15, 0.2) is 0 Å². The van der Waals surface area contributed by atoms with Crippen LogP contribution >= 0.6 is 69.6 Å². The van der Waals surface area contributed by atoms with Crippen molar-refractivity contribution in [1.82, 2.24) is 0 Å². The van der Waals surface area contributed by atoms with Crippen molar-refractivity contribution in [1.29, 1.82) is 0 Å². The number of hydrogen-bond donors (Lipinski definition) is 0. The van der Waals surface area contributed by atoms with Crippen molar-refractivity contribution in [2.45, 2.75) is 20.9 Å². The van der Waals surface area contributed by atoms with Crippen molar-refractivity contribution in [3.63, 3.8) is 0 Å². The Kier molecular flexibility index (Phi) is 4.98. The molecule has 0 rings (SSSR count). The molecule has 11 heavy (non-hydrogen) atoms. The summed E-state index contributed by atoms with van der Waals surface area (Å²) in [4.78, 5) is 0. The molecule has 0 atom stereocenters. The van der Waals surface area contributed by atoms with Gasteiger partial charge in [0.15, 0.2) is 0 Å². The predicted molar refractivity (Wildman–Crippen MR) is 54.1 cm³/mol. The van der Waals surface area contributed by atoms with Crippen LogP contribution in [0.2, 0.25) is 0 Å². The summed E-state index contributed by atoms with van der Waals surface area (Å²) in [5.41, 5.74) is 0. The number of hydrogen-bond acceptors (Lipinski definition) is 0. The summed E-state index contributed by atoms with van der Waals surface area (Å²) in [6, 6.07) is 0. The Balaban J connectivity index is 4.43. The molecule has 0 saturated carbocycles. The maximum absolute atomic E-state index is 5.52. The topological polar surface area (TPSA) is 0 Å². The van der Waals surface area contributed by atoms with E-state index in [1.165, 1.54) is 0 Å². The highest BCUT2D eigenvalue weighted by atomic mass is 35.6. The largest absolute Gasteiger partial charge is 0.201 e. The van der Waals surface area contributed by atoms with Crippen LogP contribution in [0.1, 0.15) is 13.3 Å². The minimum absolute atomic E-state index is 0.250. The predicted octanol–water partition coefficient (Wildman–Crippen LogP) is 4.71. The molecule has 0 aromatic heterocycles. The van der Waals surface area contributed by atoms with E-state index in [2.05, 4.69) is 0 Å². The molecule has 67 valence electrons. The maximum Gasteiger partial charge on any atom is 0.201 e. The fourth-order valence-electron chi connectivity index (χ4n) is 0.562. The van der Waals surface area contributed by atoms with Gasteiger partial charge in [-0.1, -0.05) is 76.5 Å². The molecule has 0 aliphatic rings. The van der Waals surface area contributed by atoms with Gasteiger partial charge in [-0.2, -0.15) is 0 Å². The molecular weight excluding hydrogens is 273 g/mol. The number of halogens is 6. The monoisotopic (exact) mass is 275 g/mol. The fourth-order valence-corrected chi connectivity index (χ4v) is 2.65. The third kappa shape index (κ3) is 4.50. The van der Waals surface area contributed by atoms with Crippen LogP contribution in [-0.2, 0) is 0 Å². The molecule has 0 unspecified atom stereocenters. The van der Waals surface area contributed by atoms with Crippen LogP contribution in [0.5, 0.6) is 0 Å². The average molecular weight is 278 g/mol. The quantitative estimate of drug-likeness (QED) is 0.609. The second kappa shape index (κ2) is 4.30. The molecule has 0 nitrogen and oxygen atoms in total. The second-order valence-corrected chi connectivity index (χ2v) is 6.39. The SMILES string of the molecule is CC[C](C(Cl)(Cl)Cl)C(Cl)(Cl)Cl. The standard InChI is InChI=1S/C5H5Cl6/c1-2-3(4(6,7)8)5(9,10)11/h2H2,1H3. The molecule has 0 N–H and O–H groups in total. The van der Waals surface area contributed by atoms with Crippen molar-refractivity contribution >= 4 is 69.6 Å². The Labute approximate surface area is 96.0 Å². The van der Waals surface area contributed by atoms with Crippen molar-refractivity contribution in [3.05, 3.63) is 5.92 Å². The molecule has 0 aromatic carbocycles. The summed E-state index contributed by atoms with van der Waals surface area (Å²) < 4.78 is -3.22. The van der Waals surface area contributed by atoms with Crippen molar-refractivity contribution in [2.75, 3.05) is 0 Å². The second-order valence-electron chi connectivity index (χ2n) is 1.83. The molecule has 0 aromatic rings. The zero-order chi connectivity index (χ0) is 9.28. The van der Waals surface area contributed by atoms with E-state index in [4.69, 9.17) is 69.6 Å². The van der Waals surface area contributed by atoms with Gasteiger partial charge in [0.25, 0.3) is 0 Å². The van der Waals surface area contributed by atoms with E-state index in [-0.39, 0.29) is 5.92 Å². The Morgan fingerprint density at radius 2 is 1.18 bits per heavy atom. The minimum Gasteiger partial charge on any atom is -0.0828 e. The van der Waals surface area contributed by atoms with E-state index in [9.17, 15) is 0 Å². The van der Waals surface area contributed by atoms with Gasteiger partial charge in [0.2, 0.25) is 7.59 Å². The van der Waals surface area contributed by atoms with E-state index in [1.54, 1.807) is 6.92 Å². The first-order valence-corrected chi connectivity index (χ1v) is 4.96. The van der Waals surface area contributed by atoms with Gasteiger partial charge in [-0.15, -0.1) is 0 Å². The lowest BCUT2D eigenvalue weighted by Crippen LogP contribution is -2.28. The smallest absolute Gasteiger partial charge is 0.0828 e. The third-order valence-corrected chi connectivity index (χ3v) is 2.41. The summed E-state index contributed by atoms with van der Waals surface area (Å²) in [6.45, 7) is 1.75. The molecular formula is C5H5Cl6. The lowest BCUT2D eigenvalue weighted by molar-refractivity contribution is 0.816. The number of alkyl halides is 6. The Morgan fingerprint density at radius 3 is 1.18 bits per heavy atom. The van der Waals surface area contributed by atoms with Gasteiger partial charge in [-0.3, -0.25) is 0 Å². The zero-order valence-corrected chi connectivity index (χ0v) is 10.0. The molecule has 0 spiro atoms. The lowest BCUT2D eigenvalue weighted by atomic mass is 10.1. The molecule has 0 aliphatic carbocycles. The van der Waals surface area contributed by atoms with Crippen molar-refractivity contribution in [3.8, 4) is 0 Å². The zero-order valence-electron chi connectivity index (χ0n) is 5.47. The summed E-state index contributed by atoms with van der Waals surface area (Å²) in [6.07, 6.45) is 0.410. The highest BCUT2D eigenvalue weighted by Crippen LogP contribution is 2.51. The Hall–Kier alpha value is 1.74. The summed E-state index contributed by atoms with van der Waals surface area (Å²) >= 11 is 33.1. The molecule has 0 fully saturated rings.